The number of carbonyl (C=O) groups is 3. The van der Waals surface area contributed by atoms with E-state index >= 15 is 0 Å². The number of hydrogen-bond acceptors (Lipinski definition) is 4. The van der Waals surface area contributed by atoms with Crippen molar-refractivity contribution in [3.63, 3.8) is 0 Å². The Balaban J connectivity index is 1.18. The topological polar surface area (TPSA) is 110 Å². The van der Waals surface area contributed by atoms with Crippen LogP contribution in [0.4, 0.5) is 5.69 Å². The Kier molecular flexibility index (Phi) is 6.01. The summed E-state index contributed by atoms with van der Waals surface area (Å²) in [7, 11) is 0. The largest absolute Gasteiger partial charge is 0.364 e. The minimum Gasteiger partial charge on any atom is -0.364 e. The van der Waals surface area contributed by atoms with Crippen LogP contribution in [0.3, 0.4) is 0 Å². The molecule has 1 aliphatic rings. The van der Waals surface area contributed by atoms with E-state index in [9.17, 15) is 14.4 Å². The number of fused-ring (bicyclic) bond motifs is 1. The van der Waals surface area contributed by atoms with Gasteiger partial charge in [-0.05, 0) is 60.0 Å². The van der Waals surface area contributed by atoms with E-state index in [0.29, 0.717) is 37.2 Å². The number of anilines is 1. The first-order chi connectivity index (χ1) is 17.0. The first-order valence-corrected chi connectivity index (χ1v) is 11.5. The van der Waals surface area contributed by atoms with Gasteiger partial charge in [0.05, 0.1) is 5.69 Å². The van der Waals surface area contributed by atoms with Crippen LogP contribution in [0.25, 0.3) is 16.5 Å². The van der Waals surface area contributed by atoms with Gasteiger partial charge < -0.3 is 16.0 Å². The van der Waals surface area contributed by atoms with Crippen molar-refractivity contribution >= 4 is 34.2 Å². The maximum atomic E-state index is 13.2. The Morgan fingerprint density at radius 3 is 2.31 bits per heavy atom. The van der Waals surface area contributed by atoms with Crippen molar-refractivity contribution < 1.29 is 14.4 Å². The Hall–Kier alpha value is -4.46. The standard InChI is InChI=1S/C27H25N5O3/c28-25(33)24-14-17-32(30-24)21-10-8-20(9-11-21)29-26(34)19-12-15-31(16-13-19)27(35)23-7-3-5-18-4-1-2-6-22(18)23/h1-11,14,17,19H,12-13,15-16H2,(H2,28,33)(H,29,34). The van der Waals surface area contributed by atoms with Crippen LogP contribution in [0.15, 0.2) is 79.0 Å². The average molecular weight is 468 g/mol. The van der Waals surface area contributed by atoms with Crippen LogP contribution in [-0.4, -0.2) is 45.5 Å². The number of benzene rings is 3. The number of amides is 3. The van der Waals surface area contributed by atoms with Crippen molar-refractivity contribution in [1.82, 2.24) is 14.7 Å². The van der Waals surface area contributed by atoms with Gasteiger partial charge in [0.25, 0.3) is 11.8 Å². The SMILES string of the molecule is NC(=O)c1ccn(-c2ccc(NC(=O)C3CCN(C(=O)c4cccc5ccccc45)CC3)cc2)n1. The van der Waals surface area contributed by atoms with Crippen LogP contribution < -0.4 is 11.1 Å². The summed E-state index contributed by atoms with van der Waals surface area (Å²) in [5, 5.41) is 9.08. The molecule has 35 heavy (non-hydrogen) atoms. The van der Waals surface area contributed by atoms with E-state index in [2.05, 4.69) is 10.4 Å². The van der Waals surface area contributed by atoms with Crippen molar-refractivity contribution in [3.8, 4) is 5.69 Å². The van der Waals surface area contributed by atoms with E-state index in [1.165, 1.54) is 0 Å². The van der Waals surface area contributed by atoms with Gasteiger partial charge in [0.2, 0.25) is 5.91 Å². The van der Waals surface area contributed by atoms with Gasteiger partial charge >= 0.3 is 0 Å². The molecule has 0 unspecified atom stereocenters. The van der Waals surface area contributed by atoms with Crippen LogP contribution >= 0.6 is 0 Å². The maximum absolute atomic E-state index is 13.2. The normalized spacial score (nSPS) is 14.1. The fourth-order valence-corrected chi connectivity index (χ4v) is 4.47. The molecule has 1 saturated heterocycles. The molecule has 3 amide bonds. The summed E-state index contributed by atoms with van der Waals surface area (Å²) in [5.74, 6) is -0.785. The molecule has 0 aliphatic carbocycles. The Morgan fingerprint density at radius 1 is 0.886 bits per heavy atom. The molecule has 0 spiro atoms. The summed E-state index contributed by atoms with van der Waals surface area (Å²) in [6, 6.07) is 22.4. The molecule has 5 rings (SSSR count). The van der Waals surface area contributed by atoms with Gasteiger partial charge in [-0.2, -0.15) is 5.10 Å². The summed E-state index contributed by atoms with van der Waals surface area (Å²) in [6.07, 6.45) is 2.88. The highest BCUT2D eigenvalue weighted by Gasteiger charge is 2.28. The van der Waals surface area contributed by atoms with Gasteiger partial charge in [0.15, 0.2) is 0 Å². The lowest BCUT2D eigenvalue weighted by Gasteiger charge is -2.31. The second-order valence-electron chi connectivity index (χ2n) is 8.64. The number of nitrogens with one attached hydrogen (secondary N) is 1. The number of primary amides is 1. The molecule has 0 atom stereocenters. The first kappa shape index (κ1) is 22.3. The van der Waals surface area contributed by atoms with Crippen molar-refractivity contribution in [3.05, 3.63) is 90.3 Å². The second-order valence-corrected chi connectivity index (χ2v) is 8.64. The number of hydrogen-bond donors (Lipinski definition) is 2. The maximum Gasteiger partial charge on any atom is 0.269 e. The van der Waals surface area contributed by atoms with Crippen LogP contribution in [0, 0.1) is 5.92 Å². The Morgan fingerprint density at radius 2 is 1.60 bits per heavy atom. The summed E-state index contributed by atoms with van der Waals surface area (Å²) in [5.41, 5.74) is 7.56. The van der Waals surface area contributed by atoms with Crippen molar-refractivity contribution in [2.75, 3.05) is 18.4 Å². The molecule has 2 heterocycles. The van der Waals surface area contributed by atoms with E-state index < -0.39 is 5.91 Å². The fourth-order valence-electron chi connectivity index (χ4n) is 4.47. The van der Waals surface area contributed by atoms with Crippen molar-refractivity contribution in [2.45, 2.75) is 12.8 Å². The van der Waals surface area contributed by atoms with Crippen molar-refractivity contribution in [1.29, 1.82) is 0 Å². The van der Waals surface area contributed by atoms with Gasteiger partial charge in [-0.1, -0.05) is 36.4 Å². The third-order valence-corrected chi connectivity index (χ3v) is 6.41. The number of nitrogens with zero attached hydrogens (tertiary/aromatic N) is 3. The molecule has 1 aromatic heterocycles. The zero-order valence-electron chi connectivity index (χ0n) is 19.1. The highest BCUT2D eigenvalue weighted by molar-refractivity contribution is 6.07. The lowest BCUT2D eigenvalue weighted by molar-refractivity contribution is -0.121. The van der Waals surface area contributed by atoms with Crippen LogP contribution in [0.5, 0.6) is 0 Å². The number of carbonyl (C=O) groups excluding carboxylic acids is 3. The third-order valence-electron chi connectivity index (χ3n) is 6.41. The number of nitrogens with two attached hydrogens (primary N) is 1. The highest BCUT2D eigenvalue weighted by Crippen LogP contribution is 2.25. The fraction of sp³-hybridized carbons (Fsp3) is 0.185. The molecular formula is C27H25N5O3. The summed E-state index contributed by atoms with van der Waals surface area (Å²) in [6.45, 7) is 1.08. The number of likely N-dealkylation sites (tertiary alicyclic amines) is 1. The lowest BCUT2D eigenvalue weighted by Crippen LogP contribution is -2.41. The molecule has 1 fully saturated rings. The third kappa shape index (κ3) is 4.63. The minimum absolute atomic E-state index is 0.00867. The van der Waals surface area contributed by atoms with Gasteiger partial charge in [0.1, 0.15) is 5.69 Å². The number of aromatic nitrogens is 2. The summed E-state index contributed by atoms with van der Waals surface area (Å²) < 4.78 is 1.55. The Bertz CT molecular complexity index is 1400. The van der Waals surface area contributed by atoms with Crippen LogP contribution in [0.2, 0.25) is 0 Å². The first-order valence-electron chi connectivity index (χ1n) is 11.5. The predicted octanol–water partition coefficient (Wildman–Crippen LogP) is 3.62. The quantitative estimate of drug-likeness (QED) is 0.467. The molecule has 3 aromatic carbocycles. The van der Waals surface area contributed by atoms with E-state index in [1.807, 2.05) is 47.4 Å². The average Bonchev–Trinajstić information content (AvgIpc) is 3.39. The number of rotatable bonds is 5. The monoisotopic (exact) mass is 467 g/mol. The summed E-state index contributed by atoms with van der Waals surface area (Å²) >= 11 is 0. The van der Waals surface area contributed by atoms with Gasteiger partial charge in [-0.3, -0.25) is 14.4 Å². The highest BCUT2D eigenvalue weighted by atomic mass is 16.2. The molecular weight excluding hydrogens is 442 g/mol. The summed E-state index contributed by atoms with van der Waals surface area (Å²) in [4.78, 5) is 39.1. The Labute approximate surface area is 202 Å². The van der Waals surface area contributed by atoms with E-state index in [4.69, 9.17) is 5.73 Å². The molecule has 8 heteroatoms. The molecule has 8 nitrogen and oxygen atoms in total. The van der Waals surface area contributed by atoms with Gasteiger partial charge in [0, 0.05) is 36.5 Å². The zero-order valence-corrected chi connectivity index (χ0v) is 19.1. The van der Waals surface area contributed by atoms with E-state index in [-0.39, 0.29) is 23.4 Å². The lowest BCUT2D eigenvalue weighted by atomic mass is 9.94. The predicted molar refractivity (Wildman–Crippen MR) is 133 cm³/mol. The zero-order chi connectivity index (χ0) is 24.4. The van der Waals surface area contributed by atoms with E-state index in [1.54, 1.807) is 41.2 Å². The molecule has 3 N–H and O–H groups in total. The molecule has 0 bridgehead atoms. The molecule has 1 aliphatic heterocycles. The molecule has 176 valence electrons. The van der Waals surface area contributed by atoms with Gasteiger partial charge in [-0.15, -0.1) is 0 Å². The van der Waals surface area contributed by atoms with Crippen LogP contribution in [0.1, 0.15) is 33.7 Å². The molecule has 4 aromatic rings. The number of piperidine rings is 1. The molecule has 0 saturated carbocycles. The van der Waals surface area contributed by atoms with Crippen LogP contribution in [-0.2, 0) is 4.79 Å². The smallest absolute Gasteiger partial charge is 0.269 e. The molecule has 0 radical (unpaired) electrons. The van der Waals surface area contributed by atoms with Crippen molar-refractivity contribution in [2.24, 2.45) is 11.7 Å². The van der Waals surface area contributed by atoms with Gasteiger partial charge in [-0.25, -0.2) is 4.68 Å². The van der Waals surface area contributed by atoms with E-state index in [0.717, 1.165) is 16.5 Å². The minimum atomic E-state index is -0.586. The second kappa shape index (κ2) is 9.42.